The first-order valence-corrected chi connectivity index (χ1v) is 7.71. The molecule has 1 nitrogen and oxygen atoms in total. The molecule has 1 aromatic carbocycles. The van der Waals surface area contributed by atoms with E-state index in [9.17, 15) is 0 Å². The zero-order valence-corrected chi connectivity index (χ0v) is 12.8. The number of nitrogens with two attached hydrogens (primary N) is 1. The van der Waals surface area contributed by atoms with Crippen molar-refractivity contribution in [2.24, 2.45) is 5.73 Å². The molecule has 19 heavy (non-hydrogen) atoms. The summed E-state index contributed by atoms with van der Waals surface area (Å²) in [4.78, 5) is 1.41. The summed E-state index contributed by atoms with van der Waals surface area (Å²) in [5, 5.41) is 2.13. The van der Waals surface area contributed by atoms with E-state index in [4.69, 9.17) is 5.73 Å². The third-order valence-corrected chi connectivity index (χ3v) is 4.46. The summed E-state index contributed by atoms with van der Waals surface area (Å²) in [6.07, 6.45) is 1.04. The summed E-state index contributed by atoms with van der Waals surface area (Å²) < 4.78 is 0. The van der Waals surface area contributed by atoms with Gasteiger partial charge in [-0.05, 0) is 41.0 Å². The van der Waals surface area contributed by atoms with Crippen molar-refractivity contribution in [1.29, 1.82) is 0 Å². The van der Waals surface area contributed by atoms with Crippen molar-refractivity contribution in [3.05, 3.63) is 57.8 Å². The Labute approximate surface area is 120 Å². The molecule has 0 aliphatic heterocycles. The van der Waals surface area contributed by atoms with Gasteiger partial charge in [0.05, 0.1) is 0 Å². The number of benzene rings is 1. The SMILES string of the molecule is CC(C)(C)c1ccc(C(CN)Cc2cccs2)cc1. The molecule has 0 saturated heterocycles. The first-order valence-electron chi connectivity index (χ1n) is 6.83. The lowest BCUT2D eigenvalue weighted by atomic mass is 9.85. The van der Waals surface area contributed by atoms with Gasteiger partial charge in [0.1, 0.15) is 0 Å². The highest BCUT2D eigenvalue weighted by atomic mass is 32.1. The second-order valence-corrected chi connectivity index (χ2v) is 7.12. The largest absolute Gasteiger partial charge is 0.330 e. The lowest BCUT2D eigenvalue weighted by Crippen LogP contribution is -2.15. The predicted octanol–water partition coefficient (Wildman–Crippen LogP) is 4.33. The van der Waals surface area contributed by atoms with Crippen molar-refractivity contribution in [3.63, 3.8) is 0 Å². The van der Waals surface area contributed by atoms with Gasteiger partial charge in [0.15, 0.2) is 0 Å². The Hall–Kier alpha value is -1.12. The van der Waals surface area contributed by atoms with Crippen LogP contribution in [0.25, 0.3) is 0 Å². The van der Waals surface area contributed by atoms with Crippen LogP contribution in [-0.4, -0.2) is 6.54 Å². The van der Waals surface area contributed by atoms with Crippen LogP contribution in [0.4, 0.5) is 0 Å². The minimum absolute atomic E-state index is 0.213. The van der Waals surface area contributed by atoms with Gasteiger partial charge >= 0.3 is 0 Å². The second-order valence-electron chi connectivity index (χ2n) is 6.09. The minimum atomic E-state index is 0.213. The van der Waals surface area contributed by atoms with Crippen LogP contribution in [0.1, 0.15) is 42.7 Å². The van der Waals surface area contributed by atoms with Crippen molar-refractivity contribution in [2.75, 3.05) is 6.54 Å². The first kappa shape index (κ1) is 14.3. The molecule has 0 fully saturated rings. The van der Waals surface area contributed by atoms with Crippen molar-refractivity contribution in [3.8, 4) is 0 Å². The molecule has 0 bridgehead atoms. The fourth-order valence-electron chi connectivity index (χ4n) is 2.26. The second kappa shape index (κ2) is 5.89. The van der Waals surface area contributed by atoms with Crippen molar-refractivity contribution in [1.82, 2.24) is 0 Å². The van der Waals surface area contributed by atoms with Gasteiger partial charge in [0, 0.05) is 10.8 Å². The first-order chi connectivity index (χ1) is 9.00. The van der Waals surface area contributed by atoms with Gasteiger partial charge in [-0.1, -0.05) is 51.1 Å². The Kier molecular flexibility index (Phi) is 4.43. The lowest BCUT2D eigenvalue weighted by Gasteiger charge is -2.21. The van der Waals surface area contributed by atoms with Gasteiger partial charge in [-0.15, -0.1) is 11.3 Å². The van der Waals surface area contributed by atoms with E-state index in [0.717, 1.165) is 6.42 Å². The van der Waals surface area contributed by atoms with E-state index in [1.54, 1.807) is 0 Å². The van der Waals surface area contributed by atoms with Crippen LogP contribution < -0.4 is 5.73 Å². The maximum atomic E-state index is 5.95. The quantitative estimate of drug-likeness (QED) is 0.881. The van der Waals surface area contributed by atoms with Gasteiger partial charge in [0.2, 0.25) is 0 Å². The zero-order chi connectivity index (χ0) is 13.9. The molecule has 1 heterocycles. The van der Waals surface area contributed by atoms with Gasteiger partial charge in [-0.25, -0.2) is 0 Å². The van der Waals surface area contributed by atoms with E-state index < -0.39 is 0 Å². The van der Waals surface area contributed by atoms with Crippen LogP contribution >= 0.6 is 11.3 Å². The van der Waals surface area contributed by atoms with Crippen LogP contribution in [0.15, 0.2) is 41.8 Å². The molecule has 1 unspecified atom stereocenters. The molecular weight excluding hydrogens is 250 g/mol. The maximum Gasteiger partial charge on any atom is 0.00517 e. The highest BCUT2D eigenvalue weighted by Gasteiger charge is 2.15. The van der Waals surface area contributed by atoms with Crippen molar-refractivity contribution >= 4 is 11.3 Å². The van der Waals surface area contributed by atoms with Crippen LogP contribution in [0.3, 0.4) is 0 Å². The molecule has 0 saturated carbocycles. The number of hydrogen-bond donors (Lipinski definition) is 1. The Balaban J connectivity index is 2.15. The summed E-state index contributed by atoms with van der Waals surface area (Å²) in [6.45, 7) is 7.43. The molecule has 2 N–H and O–H groups in total. The predicted molar refractivity (Wildman–Crippen MR) is 85.0 cm³/mol. The van der Waals surface area contributed by atoms with E-state index in [2.05, 4.69) is 62.5 Å². The molecular formula is C17H23NS. The standard InChI is InChI=1S/C17H23NS/c1-17(2,3)15-8-6-13(7-9-15)14(12-18)11-16-5-4-10-19-16/h4-10,14H,11-12,18H2,1-3H3. The van der Waals surface area contributed by atoms with Crippen LogP contribution in [-0.2, 0) is 11.8 Å². The highest BCUT2D eigenvalue weighted by molar-refractivity contribution is 7.09. The summed E-state index contributed by atoms with van der Waals surface area (Å²) in [7, 11) is 0. The molecule has 2 rings (SSSR count). The van der Waals surface area contributed by atoms with Gasteiger partial charge < -0.3 is 5.73 Å². The molecule has 0 amide bonds. The molecule has 1 atom stereocenters. The van der Waals surface area contributed by atoms with Crippen LogP contribution in [0, 0.1) is 0 Å². The van der Waals surface area contributed by atoms with Crippen LogP contribution in [0.5, 0.6) is 0 Å². The lowest BCUT2D eigenvalue weighted by molar-refractivity contribution is 0.589. The van der Waals surface area contributed by atoms with Gasteiger partial charge in [-0.2, -0.15) is 0 Å². The summed E-state index contributed by atoms with van der Waals surface area (Å²) in [5.74, 6) is 0.424. The smallest absolute Gasteiger partial charge is 0.00517 e. The molecule has 0 radical (unpaired) electrons. The van der Waals surface area contributed by atoms with E-state index in [1.807, 2.05) is 11.3 Å². The van der Waals surface area contributed by atoms with E-state index >= 15 is 0 Å². The maximum absolute atomic E-state index is 5.95. The Morgan fingerprint density at radius 1 is 1.11 bits per heavy atom. The molecule has 0 aliphatic carbocycles. The third kappa shape index (κ3) is 3.68. The fraction of sp³-hybridized carbons (Fsp3) is 0.412. The molecule has 1 aromatic heterocycles. The van der Waals surface area contributed by atoms with Gasteiger partial charge in [0.25, 0.3) is 0 Å². The summed E-state index contributed by atoms with van der Waals surface area (Å²) in [5.41, 5.74) is 8.89. The molecule has 102 valence electrons. The molecule has 2 aromatic rings. The summed E-state index contributed by atoms with van der Waals surface area (Å²) in [6, 6.07) is 13.3. The van der Waals surface area contributed by atoms with E-state index in [1.165, 1.54) is 16.0 Å². The number of rotatable bonds is 4. The zero-order valence-electron chi connectivity index (χ0n) is 12.0. The molecule has 2 heteroatoms. The van der Waals surface area contributed by atoms with Crippen LogP contribution in [0.2, 0.25) is 0 Å². The van der Waals surface area contributed by atoms with E-state index in [-0.39, 0.29) is 5.41 Å². The average Bonchev–Trinajstić information content (AvgIpc) is 2.88. The Morgan fingerprint density at radius 3 is 2.26 bits per heavy atom. The topological polar surface area (TPSA) is 26.0 Å². The Bertz CT molecular complexity index is 491. The van der Waals surface area contributed by atoms with Crippen molar-refractivity contribution in [2.45, 2.75) is 38.5 Å². The fourth-order valence-corrected chi connectivity index (χ4v) is 3.05. The van der Waals surface area contributed by atoms with Gasteiger partial charge in [-0.3, -0.25) is 0 Å². The summed E-state index contributed by atoms with van der Waals surface area (Å²) >= 11 is 1.81. The molecule has 0 spiro atoms. The number of hydrogen-bond acceptors (Lipinski definition) is 2. The normalized spacial score (nSPS) is 13.5. The Morgan fingerprint density at radius 2 is 1.79 bits per heavy atom. The molecule has 0 aliphatic rings. The number of thiophene rings is 1. The third-order valence-electron chi connectivity index (χ3n) is 3.56. The van der Waals surface area contributed by atoms with E-state index in [0.29, 0.717) is 12.5 Å². The highest BCUT2D eigenvalue weighted by Crippen LogP contribution is 2.26. The minimum Gasteiger partial charge on any atom is -0.330 e. The van der Waals surface area contributed by atoms with Crippen molar-refractivity contribution < 1.29 is 0 Å². The monoisotopic (exact) mass is 273 g/mol. The average molecular weight is 273 g/mol.